The van der Waals surface area contributed by atoms with E-state index in [0.717, 1.165) is 0 Å². The van der Waals surface area contributed by atoms with Crippen LogP contribution in [0.1, 0.15) is 38.8 Å². The molecule has 1 aliphatic carbocycles. The van der Waals surface area contributed by atoms with Crippen LogP contribution in [-0.2, 0) is 5.41 Å². The van der Waals surface area contributed by atoms with E-state index >= 15 is 0 Å². The zero-order valence-electron chi connectivity index (χ0n) is 19.7. The van der Waals surface area contributed by atoms with E-state index in [-0.39, 0.29) is 5.41 Å². The Morgan fingerprint density at radius 1 is 0.455 bits per heavy atom. The zero-order chi connectivity index (χ0) is 22.7. The predicted octanol–water partition coefficient (Wildman–Crippen LogP) is 9.63. The van der Waals surface area contributed by atoms with Crippen molar-refractivity contribution in [3.63, 3.8) is 0 Å². The SMILES string of the molecule is CC.CC1(C)c2c3ccccc3cc3cccc(c23)-c2ccc3ccc4ccccc4c3c21. The Morgan fingerprint density at radius 3 is 1.91 bits per heavy atom. The first-order chi connectivity index (χ1) is 16.1. The summed E-state index contributed by atoms with van der Waals surface area (Å²) in [5, 5.41) is 10.8. The van der Waals surface area contributed by atoms with E-state index in [0.29, 0.717) is 0 Å². The molecular formula is C33H28. The quantitative estimate of drug-likeness (QED) is 0.168. The summed E-state index contributed by atoms with van der Waals surface area (Å²) in [7, 11) is 0. The van der Waals surface area contributed by atoms with Gasteiger partial charge in [-0.25, -0.2) is 0 Å². The average Bonchev–Trinajstić information content (AvgIpc) is 2.86. The Labute approximate surface area is 195 Å². The largest absolute Gasteiger partial charge is 0.0683 e. The molecule has 0 radical (unpaired) electrons. The van der Waals surface area contributed by atoms with Crippen LogP contribution in [0.5, 0.6) is 0 Å². The van der Waals surface area contributed by atoms with E-state index in [1.54, 1.807) is 0 Å². The minimum Gasteiger partial charge on any atom is -0.0683 e. The first-order valence-electron chi connectivity index (χ1n) is 12.0. The number of hydrogen-bond donors (Lipinski definition) is 0. The molecule has 0 unspecified atom stereocenters. The maximum absolute atomic E-state index is 2.42. The zero-order valence-corrected chi connectivity index (χ0v) is 19.7. The van der Waals surface area contributed by atoms with Crippen LogP contribution < -0.4 is 0 Å². The van der Waals surface area contributed by atoms with E-state index in [4.69, 9.17) is 0 Å². The van der Waals surface area contributed by atoms with E-state index in [9.17, 15) is 0 Å². The topological polar surface area (TPSA) is 0 Å². The second-order valence-corrected chi connectivity index (χ2v) is 9.37. The van der Waals surface area contributed by atoms with Gasteiger partial charge in [0.25, 0.3) is 0 Å². The Balaban J connectivity index is 0.00000101. The molecule has 0 aliphatic heterocycles. The van der Waals surface area contributed by atoms with Crippen LogP contribution in [0, 0.1) is 0 Å². The summed E-state index contributed by atoms with van der Waals surface area (Å²) in [6, 6.07) is 36.0. The minimum absolute atomic E-state index is 0.119. The highest BCUT2D eigenvalue weighted by Crippen LogP contribution is 2.53. The van der Waals surface area contributed by atoms with Crippen molar-refractivity contribution in [3.8, 4) is 11.1 Å². The highest BCUT2D eigenvalue weighted by Gasteiger charge is 2.36. The highest BCUT2D eigenvalue weighted by molar-refractivity contribution is 6.17. The summed E-state index contributed by atoms with van der Waals surface area (Å²) in [6.07, 6.45) is 0. The fourth-order valence-corrected chi connectivity index (χ4v) is 6.09. The standard InChI is InChI=1S/C31H22.C2H6/c1-31(2)29-24-12-6-4-9-21(24)18-22-10-7-13-25(28(22)29)26-17-16-20-15-14-19-8-3-5-11-23(19)27(20)30(26)31;1-2/h3-18H,1-2H3;1-2H3. The number of fused-ring (bicyclic) bond motifs is 8. The maximum atomic E-state index is 2.42. The lowest BCUT2D eigenvalue weighted by molar-refractivity contribution is 0.658. The van der Waals surface area contributed by atoms with Crippen LogP contribution in [0.25, 0.3) is 54.2 Å². The van der Waals surface area contributed by atoms with Gasteiger partial charge in [0.05, 0.1) is 0 Å². The molecule has 6 aromatic carbocycles. The predicted molar refractivity (Wildman–Crippen MR) is 145 cm³/mol. The van der Waals surface area contributed by atoms with E-state index in [1.165, 1.54) is 65.3 Å². The molecule has 7 rings (SSSR count). The molecule has 0 aromatic heterocycles. The highest BCUT2D eigenvalue weighted by atomic mass is 14.4. The lowest BCUT2D eigenvalue weighted by atomic mass is 9.65. The molecule has 0 amide bonds. The van der Waals surface area contributed by atoms with Crippen LogP contribution in [0.2, 0.25) is 0 Å². The number of rotatable bonds is 0. The van der Waals surface area contributed by atoms with Crippen LogP contribution in [0.3, 0.4) is 0 Å². The third kappa shape index (κ3) is 2.64. The van der Waals surface area contributed by atoms with Crippen molar-refractivity contribution in [1.82, 2.24) is 0 Å². The van der Waals surface area contributed by atoms with Crippen molar-refractivity contribution >= 4 is 43.1 Å². The molecule has 0 atom stereocenters. The Bertz CT molecular complexity index is 1700. The third-order valence-corrected chi connectivity index (χ3v) is 7.34. The molecule has 0 saturated carbocycles. The summed E-state index contributed by atoms with van der Waals surface area (Å²) >= 11 is 0. The molecule has 1 aliphatic rings. The van der Waals surface area contributed by atoms with Gasteiger partial charge in [-0.1, -0.05) is 119 Å². The number of benzene rings is 6. The van der Waals surface area contributed by atoms with Crippen LogP contribution in [-0.4, -0.2) is 0 Å². The Morgan fingerprint density at radius 2 is 1.09 bits per heavy atom. The Hall–Kier alpha value is -3.64. The van der Waals surface area contributed by atoms with Gasteiger partial charge in [-0.15, -0.1) is 0 Å². The normalized spacial score (nSPS) is 13.7. The molecule has 0 heteroatoms. The lowest BCUT2D eigenvalue weighted by Crippen LogP contribution is -2.24. The van der Waals surface area contributed by atoms with Crippen molar-refractivity contribution in [2.45, 2.75) is 33.1 Å². The molecular weight excluding hydrogens is 396 g/mol. The smallest absolute Gasteiger partial charge is 0.0171 e. The molecule has 0 saturated heterocycles. The minimum atomic E-state index is -0.119. The molecule has 0 N–H and O–H groups in total. The monoisotopic (exact) mass is 424 g/mol. The van der Waals surface area contributed by atoms with Gasteiger partial charge in [0.15, 0.2) is 0 Å². The molecule has 0 bridgehead atoms. The first kappa shape index (κ1) is 20.0. The lowest BCUT2D eigenvalue weighted by Gasteiger charge is -2.37. The molecule has 160 valence electrons. The fraction of sp³-hybridized carbons (Fsp3) is 0.152. The van der Waals surface area contributed by atoms with Crippen LogP contribution in [0.15, 0.2) is 97.1 Å². The average molecular weight is 425 g/mol. The molecule has 0 nitrogen and oxygen atoms in total. The van der Waals surface area contributed by atoms with Gasteiger partial charge in [0.2, 0.25) is 0 Å². The molecule has 0 heterocycles. The summed E-state index contributed by atoms with van der Waals surface area (Å²) in [6.45, 7) is 8.84. The van der Waals surface area contributed by atoms with E-state index in [2.05, 4.69) is 111 Å². The second-order valence-electron chi connectivity index (χ2n) is 9.37. The van der Waals surface area contributed by atoms with Gasteiger partial charge in [-0.2, -0.15) is 0 Å². The van der Waals surface area contributed by atoms with Gasteiger partial charge in [-0.3, -0.25) is 0 Å². The van der Waals surface area contributed by atoms with Gasteiger partial charge < -0.3 is 0 Å². The summed E-state index contributed by atoms with van der Waals surface area (Å²) in [5.41, 5.74) is 5.54. The maximum Gasteiger partial charge on any atom is 0.0171 e. The molecule has 0 fully saturated rings. The molecule has 0 spiro atoms. The van der Waals surface area contributed by atoms with Gasteiger partial charge in [-0.05, 0) is 71.4 Å². The van der Waals surface area contributed by atoms with Gasteiger partial charge in [0, 0.05) is 5.41 Å². The number of hydrogen-bond acceptors (Lipinski definition) is 0. The molecule has 33 heavy (non-hydrogen) atoms. The van der Waals surface area contributed by atoms with Crippen molar-refractivity contribution in [2.75, 3.05) is 0 Å². The summed E-state index contributed by atoms with van der Waals surface area (Å²) in [4.78, 5) is 0. The van der Waals surface area contributed by atoms with Crippen LogP contribution >= 0.6 is 0 Å². The summed E-state index contributed by atoms with van der Waals surface area (Å²) < 4.78 is 0. The van der Waals surface area contributed by atoms with Gasteiger partial charge in [0.1, 0.15) is 0 Å². The van der Waals surface area contributed by atoms with Crippen molar-refractivity contribution in [2.24, 2.45) is 0 Å². The Kier molecular flexibility index (Phi) is 4.35. The molecule has 6 aromatic rings. The van der Waals surface area contributed by atoms with Crippen molar-refractivity contribution in [3.05, 3.63) is 108 Å². The second kappa shape index (κ2) is 7.18. The van der Waals surface area contributed by atoms with Crippen molar-refractivity contribution < 1.29 is 0 Å². The van der Waals surface area contributed by atoms with E-state index < -0.39 is 0 Å². The van der Waals surface area contributed by atoms with Crippen LogP contribution in [0.4, 0.5) is 0 Å². The fourth-order valence-electron chi connectivity index (χ4n) is 6.09. The first-order valence-corrected chi connectivity index (χ1v) is 12.0. The summed E-state index contributed by atoms with van der Waals surface area (Å²) in [5.74, 6) is 0. The third-order valence-electron chi connectivity index (χ3n) is 7.34. The van der Waals surface area contributed by atoms with Crippen molar-refractivity contribution in [1.29, 1.82) is 0 Å². The van der Waals surface area contributed by atoms with Gasteiger partial charge >= 0.3 is 0 Å². The van der Waals surface area contributed by atoms with E-state index in [1.807, 2.05) is 13.8 Å².